The van der Waals surface area contributed by atoms with E-state index in [-0.39, 0.29) is 5.91 Å². The van der Waals surface area contributed by atoms with Crippen LogP contribution in [0.5, 0.6) is 0 Å². The molecule has 0 bridgehead atoms. The van der Waals surface area contributed by atoms with Crippen LogP contribution < -0.4 is 15.5 Å². The summed E-state index contributed by atoms with van der Waals surface area (Å²) in [7, 11) is 0. The first-order valence-electron chi connectivity index (χ1n) is 8.56. The van der Waals surface area contributed by atoms with E-state index in [1.165, 1.54) is 0 Å². The number of hydrogen-bond donors (Lipinski definition) is 2. The molecule has 0 radical (unpaired) electrons. The molecule has 0 atom stereocenters. The van der Waals surface area contributed by atoms with E-state index in [1.807, 2.05) is 43.0 Å². The summed E-state index contributed by atoms with van der Waals surface area (Å²) in [6, 6.07) is 7.75. The van der Waals surface area contributed by atoms with E-state index < -0.39 is 0 Å². The highest BCUT2D eigenvalue weighted by molar-refractivity contribution is 9.10. The molecule has 0 aliphatic carbocycles. The standard InChI is InChI=1S/C18H22BrN5OS/c1-13-10-14(19)2-3-15(13)23-18(25)4-5-20-16-11-17(22-12-21-16)24-6-8-26-9-7-24/h2-3,10-12H,4-9H2,1H3,(H,23,25)(H,20,21,22). The Bertz CT molecular complexity index is 767. The molecule has 1 fully saturated rings. The number of nitrogens with zero attached hydrogens (tertiary/aromatic N) is 3. The molecule has 1 aromatic carbocycles. The third-order valence-electron chi connectivity index (χ3n) is 4.11. The zero-order chi connectivity index (χ0) is 18.4. The summed E-state index contributed by atoms with van der Waals surface area (Å²) in [4.78, 5) is 23.0. The average molecular weight is 436 g/mol. The topological polar surface area (TPSA) is 70.2 Å². The molecule has 1 saturated heterocycles. The molecule has 6 nitrogen and oxygen atoms in total. The van der Waals surface area contributed by atoms with Gasteiger partial charge in [-0.25, -0.2) is 9.97 Å². The molecule has 0 saturated carbocycles. The molecule has 26 heavy (non-hydrogen) atoms. The Hall–Kier alpha value is -1.80. The number of aromatic nitrogens is 2. The van der Waals surface area contributed by atoms with Crippen molar-refractivity contribution in [2.45, 2.75) is 13.3 Å². The molecular formula is C18H22BrN5OS. The largest absolute Gasteiger partial charge is 0.369 e. The van der Waals surface area contributed by atoms with Crippen LogP contribution in [-0.4, -0.2) is 47.0 Å². The van der Waals surface area contributed by atoms with E-state index in [1.54, 1.807) is 6.33 Å². The van der Waals surface area contributed by atoms with Gasteiger partial charge in [-0.05, 0) is 30.7 Å². The van der Waals surface area contributed by atoms with Gasteiger partial charge in [0.25, 0.3) is 0 Å². The van der Waals surface area contributed by atoms with Crippen LogP contribution in [0.25, 0.3) is 0 Å². The highest BCUT2D eigenvalue weighted by Crippen LogP contribution is 2.21. The van der Waals surface area contributed by atoms with Crippen molar-refractivity contribution in [1.82, 2.24) is 9.97 Å². The summed E-state index contributed by atoms with van der Waals surface area (Å²) in [5.74, 6) is 3.93. The first-order chi connectivity index (χ1) is 12.6. The van der Waals surface area contributed by atoms with Crippen LogP contribution in [0.1, 0.15) is 12.0 Å². The molecule has 1 aromatic heterocycles. The Morgan fingerprint density at radius 1 is 1.27 bits per heavy atom. The predicted molar refractivity (Wildman–Crippen MR) is 112 cm³/mol. The molecule has 0 spiro atoms. The minimum Gasteiger partial charge on any atom is -0.369 e. The summed E-state index contributed by atoms with van der Waals surface area (Å²) < 4.78 is 1.00. The minimum absolute atomic E-state index is 0.0229. The van der Waals surface area contributed by atoms with Gasteiger partial charge < -0.3 is 15.5 Å². The zero-order valence-corrected chi connectivity index (χ0v) is 17.1. The van der Waals surface area contributed by atoms with Crippen molar-refractivity contribution in [2.24, 2.45) is 0 Å². The smallest absolute Gasteiger partial charge is 0.226 e. The minimum atomic E-state index is -0.0229. The monoisotopic (exact) mass is 435 g/mol. The lowest BCUT2D eigenvalue weighted by molar-refractivity contribution is -0.115. The van der Waals surface area contributed by atoms with Crippen LogP contribution in [0.2, 0.25) is 0 Å². The molecular weight excluding hydrogens is 414 g/mol. The van der Waals surface area contributed by atoms with Crippen LogP contribution in [-0.2, 0) is 4.79 Å². The second-order valence-corrected chi connectivity index (χ2v) is 8.19. The van der Waals surface area contributed by atoms with E-state index in [4.69, 9.17) is 0 Å². The van der Waals surface area contributed by atoms with Crippen molar-refractivity contribution < 1.29 is 4.79 Å². The third kappa shape index (κ3) is 5.35. The maximum atomic E-state index is 12.1. The van der Waals surface area contributed by atoms with Gasteiger partial charge >= 0.3 is 0 Å². The number of benzene rings is 1. The fraction of sp³-hybridized carbons (Fsp3) is 0.389. The van der Waals surface area contributed by atoms with E-state index in [0.29, 0.717) is 13.0 Å². The first-order valence-corrected chi connectivity index (χ1v) is 10.5. The number of carbonyl (C=O) groups is 1. The molecule has 2 heterocycles. The fourth-order valence-corrected chi connectivity index (χ4v) is 4.07. The number of thioether (sulfide) groups is 1. The van der Waals surface area contributed by atoms with Gasteiger partial charge in [-0.15, -0.1) is 0 Å². The van der Waals surface area contributed by atoms with Gasteiger partial charge in [0.2, 0.25) is 5.91 Å². The Labute approximate surface area is 166 Å². The maximum Gasteiger partial charge on any atom is 0.226 e. The average Bonchev–Trinajstić information content (AvgIpc) is 2.65. The molecule has 8 heteroatoms. The molecule has 1 amide bonds. The molecule has 3 rings (SSSR count). The number of nitrogens with one attached hydrogen (secondary N) is 2. The SMILES string of the molecule is Cc1cc(Br)ccc1NC(=O)CCNc1cc(N2CCSCC2)ncn1. The Kier molecular flexibility index (Phi) is 6.73. The van der Waals surface area contributed by atoms with Gasteiger partial charge in [0.1, 0.15) is 18.0 Å². The number of hydrogen-bond acceptors (Lipinski definition) is 6. The quantitative estimate of drug-likeness (QED) is 0.722. The highest BCUT2D eigenvalue weighted by Gasteiger charge is 2.13. The second kappa shape index (κ2) is 9.23. The van der Waals surface area contributed by atoms with Crippen LogP contribution in [0.4, 0.5) is 17.3 Å². The number of amides is 1. The lowest BCUT2D eigenvalue weighted by Gasteiger charge is -2.27. The summed E-state index contributed by atoms with van der Waals surface area (Å²) in [6.45, 7) is 4.51. The lowest BCUT2D eigenvalue weighted by atomic mass is 10.2. The van der Waals surface area contributed by atoms with Crippen molar-refractivity contribution >= 4 is 50.9 Å². The number of carbonyl (C=O) groups excluding carboxylic acids is 1. The zero-order valence-electron chi connectivity index (χ0n) is 14.7. The van der Waals surface area contributed by atoms with E-state index in [2.05, 4.69) is 41.4 Å². The van der Waals surface area contributed by atoms with Crippen LogP contribution in [0.15, 0.2) is 35.1 Å². The maximum absolute atomic E-state index is 12.1. The number of anilines is 3. The van der Waals surface area contributed by atoms with Crippen molar-refractivity contribution in [3.8, 4) is 0 Å². The van der Waals surface area contributed by atoms with Gasteiger partial charge in [-0.3, -0.25) is 4.79 Å². The molecule has 0 unspecified atom stereocenters. The van der Waals surface area contributed by atoms with Gasteiger partial charge in [0.05, 0.1) is 0 Å². The summed E-state index contributed by atoms with van der Waals surface area (Å²) >= 11 is 5.39. The predicted octanol–water partition coefficient (Wildman–Crippen LogP) is 3.54. The summed E-state index contributed by atoms with van der Waals surface area (Å²) in [5.41, 5.74) is 1.87. The van der Waals surface area contributed by atoms with Crippen molar-refractivity contribution in [3.63, 3.8) is 0 Å². The van der Waals surface area contributed by atoms with Crippen molar-refractivity contribution in [3.05, 3.63) is 40.6 Å². The highest BCUT2D eigenvalue weighted by atomic mass is 79.9. The molecule has 138 valence electrons. The number of rotatable bonds is 6. The normalized spacial score (nSPS) is 14.2. The second-order valence-electron chi connectivity index (χ2n) is 6.05. The van der Waals surface area contributed by atoms with Gasteiger partial charge in [0.15, 0.2) is 0 Å². The third-order valence-corrected chi connectivity index (χ3v) is 5.54. The van der Waals surface area contributed by atoms with Crippen molar-refractivity contribution in [2.75, 3.05) is 46.7 Å². The first kappa shape index (κ1) is 19.0. The van der Waals surface area contributed by atoms with Gasteiger partial charge in [-0.1, -0.05) is 15.9 Å². The van der Waals surface area contributed by atoms with Gasteiger partial charge in [-0.2, -0.15) is 11.8 Å². The van der Waals surface area contributed by atoms with E-state index in [9.17, 15) is 4.79 Å². The van der Waals surface area contributed by atoms with E-state index >= 15 is 0 Å². The van der Waals surface area contributed by atoms with Crippen LogP contribution in [0, 0.1) is 6.92 Å². The van der Waals surface area contributed by atoms with Crippen LogP contribution >= 0.6 is 27.7 Å². The van der Waals surface area contributed by atoms with E-state index in [0.717, 1.165) is 52.0 Å². The summed E-state index contributed by atoms with van der Waals surface area (Å²) in [5, 5.41) is 6.16. The Balaban J connectivity index is 1.49. The molecule has 1 aliphatic rings. The molecule has 2 N–H and O–H groups in total. The van der Waals surface area contributed by atoms with Crippen LogP contribution in [0.3, 0.4) is 0 Å². The lowest BCUT2D eigenvalue weighted by Crippen LogP contribution is -2.33. The number of halogens is 1. The fourth-order valence-electron chi connectivity index (χ4n) is 2.69. The number of aryl methyl sites for hydroxylation is 1. The van der Waals surface area contributed by atoms with Crippen molar-refractivity contribution in [1.29, 1.82) is 0 Å². The summed E-state index contributed by atoms with van der Waals surface area (Å²) in [6.07, 6.45) is 1.94. The molecule has 2 aromatic rings. The van der Waals surface area contributed by atoms with Gasteiger partial charge in [0, 0.05) is 53.8 Å². The Morgan fingerprint density at radius 2 is 2.08 bits per heavy atom. The Morgan fingerprint density at radius 3 is 2.85 bits per heavy atom. The molecule has 1 aliphatic heterocycles.